The van der Waals surface area contributed by atoms with E-state index in [2.05, 4.69) is 11.8 Å². The molecule has 1 aliphatic heterocycles. The number of carbonyl (C=O) groups excluding carboxylic acids is 1. The molecule has 0 aromatic heterocycles. The molecule has 2 aromatic carbocycles. The third-order valence-corrected chi connectivity index (χ3v) is 8.95. The second-order valence-electron chi connectivity index (χ2n) is 8.90. The minimum atomic E-state index is -3.89. The first kappa shape index (κ1) is 27.0. The molecule has 1 aliphatic rings. The quantitative estimate of drug-likeness (QED) is 0.244. The standard InChI is InChI=1S/C26H36N2O6S/c1-2-3-19-33-24-12-10-22(11-13-24)21-35(31,32)26(25(29)27-30)14-17-28(18-15-26)16-7-20-34-23-8-5-4-6-9-23/h4-6,8-13,30H,2-3,7,14-21H2,1H3,(H,27,29). The second-order valence-corrected chi connectivity index (χ2v) is 11.2. The van der Waals surface area contributed by atoms with Crippen LogP contribution >= 0.6 is 0 Å². The number of carbonyl (C=O) groups is 1. The molecule has 0 radical (unpaired) electrons. The first-order chi connectivity index (χ1) is 16.9. The van der Waals surface area contributed by atoms with Crippen molar-refractivity contribution in [3.05, 3.63) is 60.2 Å². The number of nitrogens with one attached hydrogen (secondary N) is 1. The molecule has 0 spiro atoms. The first-order valence-electron chi connectivity index (χ1n) is 12.2. The van der Waals surface area contributed by atoms with Gasteiger partial charge < -0.3 is 14.4 Å². The summed E-state index contributed by atoms with van der Waals surface area (Å²) in [5.74, 6) is 0.369. The van der Waals surface area contributed by atoms with Gasteiger partial charge in [0.25, 0.3) is 5.91 Å². The molecule has 192 valence electrons. The van der Waals surface area contributed by atoms with Crippen LogP contribution < -0.4 is 15.0 Å². The van der Waals surface area contributed by atoms with Crippen LogP contribution in [0.5, 0.6) is 11.5 Å². The van der Waals surface area contributed by atoms with Crippen molar-refractivity contribution < 1.29 is 27.9 Å². The van der Waals surface area contributed by atoms with Crippen LogP contribution in [0.25, 0.3) is 0 Å². The summed E-state index contributed by atoms with van der Waals surface area (Å²) in [6, 6.07) is 16.5. The van der Waals surface area contributed by atoms with E-state index < -0.39 is 20.5 Å². The number of hydrogen-bond acceptors (Lipinski definition) is 7. The predicted octanol–water partition coefficient (Wildman–Crippen LogP) is 3.59. The zero-order valence-electron chi connectivity index (χ0n) is 20.3. The van der Waals surface area contributed by atoms with Crippen LogP contribution in [0.2, 0.25) is 0 Å². The summed E-state index contributed by atoms with van der Waals surface area (Å²) in [5, 5.41) is 9.36. The molecule has 35 heavy (non-hydrogen) atoms. The van der Waals surface area contributed by atoms with E-state index in [1.54, 1.807) is 29.7 Å². The van der Waals surface area contributed by atoms with Crippen molar-refractivity contribution in [2.75, 3.05) is 32.8 Å². The minimum Gasteiger partial charge on any atom is -0.494 e. The number of ether oxygens (including phenoxy) is 2. The predicted molar refractivity (Wildman–Crippen MR) is 134 cm³/mol. The third kappa shape index (κ3) is 7.19. The lowest BCUT2D eigenvalue weighted by Crippen LogP contribution is -2.58. The Balaban J connectivity index is 1.57. The fraction of sp³-hybridized carbons (Fsp3) is 0.500. The number of likely N-dealkylation sites (tertiary alicyclic amines) is 1. The number of nitrogens with zero attached hydrogens (tertiary/aromatic N) is 1. The molecule has 1 heterocycles. The Morgan fingerprint density at radius 3 is 2.17 bits per heavy atom. The zero-order valence-corrected chi connectivity index (χ0v) is 21.1. The van der Waals surface area contributed by atoms with Crippen LogP contribution in [-0.4, -0.2) is 62.0 Å². The maximum atomic E-state index is 13.5. The third-order valence-electron chi connectivity index (χ3n) is 6.45. The van der Waals surface area contributed by atoms with Gasteiger partial charge in [-0.2, -0.15) is 0 Å². The molecule has 1 amide bonds. The average Bonchev–Trinajstić information content (AvgIpc) is 2.88. The number of piperidine rings is 1. The SMILES string of the molecule is CCCCOc1ccc(CS(=O)(=O)C2(C(=O)NO)CCN(CCCOc3ccccc3)CC2)cc1. The lowest BCUT2D eigenvalue weighted by Gasteiger charge is -2.39. The summed E-state index contributed by atoms with van der Waals surface area (Å²) in [7, 11) is -3.89. The lowest BCUT2D eigenvalue weighted by atomic mass is 9.94. The number of rotatable bonds is 13. The Labute approximate surface area is 208 Å². The van der Waals surface area contributed by atoms with Gasteiger partial charge in [0.05, 0.1) is 19.0 Å². The number of sulfone groups is 1. The fourth-order valence-corrected chi connectivity index (χ4v) is 6.33. The van der Waals surface area contributed by atoms with Crippen LogP contribution in [0.3, 0.4) is 0 Å². The minimum absolute atomic E-state index is 0.124. The van der Waals surface area contributed by atoms with E-state index in [0.717, 1.165) is 31.6 Å². The van der Waals surface area contributed by atoms with Gasteiger partial charge in [-0.1, -0.05) is 43.7 Å². The number of para-hydroxylation sites is 1. The molecule has 2 N–H and O–H groups in total. The first-order valence-corrected chi connectivity index (χ1v) is 13.8. The highest BCUT2D eigenvalue weighted by atomic mass is 32.2. The van der Waals surface area contributed by atoms with Gasteiger partial charge in [-0.25, -0.2) is 13.9 Å². The Hall–Kier alpha value is -2.62. The summed E-state index contributed by atoms with van der Waals surface area (Å²) in [5.41, 5.74) is 2.20. The number of unbranched alkanes of at least 4 members (excludes halogenated alkanes) is 1. The van der Waals surface area contributed by atoms with Crippen molar-refractivity contribution in [3.8, 4) is 11.5 Å². The van der Waals surface area contributed by atoms with Gasteiger partial charge in [0.15, 0.2) is 14.6 Å². The van der Waals surface area contributed by atoms with Gasteiger partial charge in [0, 0.05) is 19.6 Å². The zero-order chi connectivity index (χ0) is 25.2. The van der Waals surface area contributed by atoms with Crippen molar-refractivity contribution >= 4 is 15.7 Å². The van der Waals surface area contributed by atoms with Crippen molar-refractivity contribution in [2.24, 2.45) is 0 Å². The number of hydroxylamine groups is 1. The van der Waals surface area contributed by atoms with E-state index in [-0.39, 0.29) is 18.6 Å². The van der Waals surface area contributed by atoms with Gasteiger partial charge in [-0.15, -0.1) is 0 Å². The number of amides is 1. The highest BCUT2D eigenvalue weighted by Gasteiger charge is 2.51. The molecule has 2 aromatic rings. The maximum absolute atomic E-state index is 13.5. The molecule has 0 unspecified atom stereocenters. The molecular weight excluding hydrogens is 468 g/mol. The molecule has 1 saturated heterocycles. The fourth-order valence-electron chi connectivity index (χ4n) is 4.29. The molecule has 0 atom stereocenters. The molecule has 3 rings (SSSR count). The van der Waals surface area contributed by atoms with Crippen LogP contribution in [-0.2, 0) is 20.4 Å². The van der Waals surface area contributed by atoms with Crippen molar-refractivity contribution in [2.45, 2.75) is 49.5 Å². The Morgan fingerprint density at radius 1 is 0.971 bits per heavy atom. The van der Waals surface area contributed by atoms with E-state index in [4.69, 9.17) is 9.47 Å². The largest absolute Gasteiger partial charge is 0.494 e. The van der Waals surface area contributed by atoms with Crippen molar-refractivity contribution in [1.29, 1.82) is 0 Å². The highest BCUT2D eigenvalue weighted by molar-refractivity contribution is 7.92. The van der Waals surface area contributed by atoms with Gasteiger partial charge in [-0.3, -0.25) is 10.0 Å². The average molecular weight is 505 g/mol. The van der Waals surface area contributed by atoms with Gasteiger partial charge in [0.2, 0.25) is 0 Å². The topological polar surface area (TPSA) is 105 Å². The van der Waals surface area contributed by atoms with Crippen LogP contribution in [0.4, 0.5) is 0 Å². The second kappa shape index (κ2) is 12.9. The summed E-state index contributed by atoms with van der Waals surface area (Å²) in [4.78, 5) is 14.8. The molecular formula is C26H36N2O6S. The maximum Gasteiger partial charge on any atom is 0.264 e. The normalized spacial score (nSPS) is 15.9. The summed E-state index contributed by atoms with van der Waals surface area (Å²) >= 11 is 0. The van der Waals surface area contributed by atoms with E-state index >= 15 is 0 Å². The lowest BCUT2D eigenvalue weighted by molar-refractivity contribution is -0.133. The van der Waals surface area contributed by atoms with Crippen LogP contribution in [0.1, 0.15) is 44.6 Å². The van der Waals surface area contributed by atoms with E-state index in [9.17, 15) is 18.4 Å². The molecule has 1 fully saturated rings. The molecule has 0 saturated carbocycles. The van der Waals surface area contributed by atoms with Crippen LogP contribution in [0, 0.1) is 0 Å². The van der Waals surface area contributed by atoms with Crippen molar-refractivity contribution in [3.63, 3.8) is 0 Å². The Kier molecular flexibility index (Phi) is 9.94. The Morgan fingerprint density at radius 2 is 1.57 bits per heavy atom. The van der Waals surface area contributed by atoms with Gasteiger partial charge >= 0.3 is 0 Å². The molecule has 0 aliphatic carbocycles. The van der Waals surface area contributed by atoms with Crippen LogP contribution in [0.15, 0.2) is 54.6 Å². The summed E-state index contributed by atoms with van der Waals surface area (Å²) < 4.78 is 36.6. The summed E-state index contributed by atoms with van der Waals surface area (Å²) in [6.07, 6.45) is 3.02. The Bertz CT molecular complexity index is 1020. The molecule has 8 nitrogen and oxygen atoms in total. The molecule has 0 bridgehead atoms. The van der Waals surface area contributed by atoms with Gasteiger partial charge in [0.1, 0.15) is 11.5 Å². The van der Waals surface area contributed by atoms with E-state index in [0.29, 0.717) is 37.6 Å². The highest BCUT2D eigenvalue weighted by Crippen LogP contribution is 2.34. The number of hydrogen-bond donors (Lipinski definition) is 2. The smallest absolute Gasteiger partial charge is 0.264 e. The number of benzene rings is 2. The molecule has 9 heteroatoms. The van der Waals surface area contributed by atoms with Crippen molar-refractivity contribution in [1.82, 2.24) is 10.4 Å². The monoisotopic (exact) mass is 504 g/mol. The van der Waals surface area contributed by atoms with E-state index in [1.807, 2.05) is 30.3 Å². The summed E-state index contributed by atoms with van der Waals surface area (Å²) in [6.45, 7) is 4.89. The van der Waals surface area contributed by atoms with Gasteiger partial charge in [-0.05, 0) is 55.5 Å². The van der Waals surface area contributed by atoms with E-state index in [1.165, 1.54) is 0 Å².